The Kier molecular flexibility index (Phi) is 5.08. The standard InChI is InChI=1S/C13H18O2/c1-3-5-12-6-4-7-13(8-12)10-15-9-11(2)14/h3-4,6-8,11,14H,1,5,9-10H2,2H3. The highest BCUT2D eigenvalue weighted by Crippen LogP contribution is 2.07. The van der Waals surface area contributed by atoms with Gasteiger partial charge in [0.15, 0.2) is 0 Å². The number of ether oxygens (including phenoxy) is 1. The van der Waals surface area contributed by atoms with Crippen molar-refractivity contribution in [3.05, 3.63) is 48.0 Å². The molecule has 0 aliphatic heterocycles. The highest BCUT2D eigenvalue weighted by atomic mass is 16.5. The van der Waals surface area contributed by atoms with Crippen LogP contribution in [0.5, 0.6) is 0 Å². The zero-order valence-corrected chi connectivity index (χ0v) is 9.15. The molecule has 0 amide bonds. The van der Waals surface area contributed by atoms with Gasteiger partial charge in [-0.2, -0.15) is 0 Å². The lowest BCUT2D eigenvalue weighted by atomic mass is 10.1. The molecule has 0 fully saturated rings. The highest BCUT2D eigenvalue weighted by molar-refractivity contribution is 5.24. The van der Waals surface area contributed by atoms with Crippen molar-refractivity contribution < 1.29 is 9.84 Å². The van der Waals surface area contributed by atoms with Crippen molar-refractivity contribution in [2.45, 2.75) is 26.1 Å². The van der Waals surface area contributed by atoms with E-state index in [0.29, 0.717) is 13.2 Å². The summed E-state index contributed by atoms with van der Waals surface area (Å²) < 4.78 is 5.34. The van der Waals surface area contributed by atoms with Crippen LogP contribution in [-0.4, -0.2) is 17.8 Å². The number of allylic oxidation sites excluding steroid dienone is 1. The summed E-state index contributed by atoms with van der Waals surface area (Å²) in [7, 11) is 0. The quantitative estimate of drug-likeness (QED) is 0.724. The van der Waals surface area contributed by atoms with Gasteiger partial charge in [-0.05, 0) is 24.5 Å². The number of aliphatic hydroxyl groups is 1. The Hall–Kier alpha value is -1.12. The van der Waals surface area contributed by atoms with Gasteiger partial charge < -0.3 is 9.84 Å². The van der Waals surface area contributed by atoms with E-state index in [1.54, 1.807) is 6.92 Å². The molecule has 1 aromatic carbocycles. The molecule has 1 N–H and O–H groups in total. The van der Waals surface area contributed by atoms with Gasteiger partial charge in [0.05, 0.1) is 19.3 Å². The molecular weight excluding hydrogens is 188 g/mol. The lowest BCUT2D eigenvalue weighted by Crippen LogP contribution is -2.10. The van der Waals surface area contributed by atoms with Crippen molar-refractivity contribution in [3.8, 4) is 0 Å². The summed E-state index contributed by atoms with van der Waals surface area (Å²) in [5.74, 6) is 0. The predicted octanol–water partition coefficient (Wildman–Crippen LogP) is 2.31. The van der Waals surface area contributed by atoms with E-state index in [2.05, 4.69) is 18.7 Å². The lowest BCUT2D eigenvalue weighted by Gasteiger charge is -2.07. The Balaban J connectivity index is 2.46. The van der Waals surface area contributed by atoms with Crippen LogP contribution in [0.1, 0.15) is 18.1 Å². The minimum Gasteiger partial charge on any atom is -0.391 e. The second-order valence-electron chi connectivity index (χ2n) is 3.68. The largest absolute Gasteiger partial charge is 0.391 e. The van der Waals surface area contributed by atoms with Crippen LogP contribution >= 0.6 is 0 Å². The molecule has 0 aliphatic rings. The highest BCUT2D eigenvalue weighted by Gasteiger charge is 1.98. The maximum atomic E-state index is 9.03. The predicted molar refractivity (Wildman–Crippen MR) is 61.7 cm³/mol. The molecule has 1 atom stereocenters. The lowest BCUT2D eigenvalue weighted by molar-refractivity contribution is 0.0376. The molecular formula is C13H18O2. The Morgan fingerprint density at radius 2 is 2.20 bits per heavy atom. The molecule has 0 bridgehead atoms. The molecule has 0 aromatic heterocycles. The molecule has 82 valence electrons. The summed E-state index contributed by atoms with van der Waals surface area (Å²) in [5, 5.41) is 9.03. The zero-order valence-electron chi connectivity index (χ0n) is 9.15. The molecule has 0 saturated heterocycles. The smallest absolute Gasteiger partial charge is 0.0745 e. The zero-order chi connectivity index (χ0) is 11.1. The summed E-state index contributed by atoms with van der Waals surface area (Å²) in [4.78, 5) is 0. The second kappa shape index (κ2) is 6.38. The van der Waals surface area contributed by atoms with Crippen LogP contribution in [0.3, 0.4) is 0 Å². The summed E-state index contributed by atoms with van der Waals surface area (Å²) in [6.07, 6.45) is 2.36. The number of benzene rings is 1. The summed E-state index contributed by atoms with van der Waals surface area (Å²) in [5.41, 5.74) is 2.37. The van der Waals surface area contributed by atoms with Crippen LogP contribution in [0, 0.1) is 0 Å². The van der Waals surface area contributed by atoms with Crippen molar-refractivity contribution in [1.29, 1.82) is 0 Å². The van der Waals surface area contributed by atoms with Gasteiger partial charge in [-0.1, -0.05) is 30.3 Å². The van der Waals surface area contributed by atoms with Gasteiger partial charge in [0.1, 0.15) is 0 Å². The molecule has 0 spiro atoms. The van der Waals surface area contributed by atoms with Gasteiger partial charge in [-0.3, -0.25) is 0 Å². The number of aliphatic hydroxyl groups excluding tert-OH is 1. The first-order valence-electron chi connectivity index (χ1n) is 5.17. The third kappa shape index (κ3) is 4.77. The van der Waals surface area contributed by atoms with Gasteiger partial charge in [0.2, 0.25) is 0 Å². The maximum Gasteiger partial charge on any atom is 0.0745 e. The molecule has 0 saturated carbocycles. The van der Waals surface area contributed by atoms with E-state index >= 15 is 0 Å². The molecule has 1 aromatic rings. The summed E-state index contributed by atoms with van der Waals surface area (Å²) >= 11 is 0. The van der Waals surface area contributed by atoms with Crippen LogP contribution in [0.15, 0.2) is 36.9 Å². The van der Waals surface area contributed by atoms with Crippen molar-refractivity contribution in [2.75, 3.05) is 6.61 Å². The molecule has 0 radical (unpaired) electrons. The summed E-state index contributed by atoms with van der Waals surface area (Å²) in [6.45, 7) is 6.36. The molecule has 0 aliphatic carbocycles. The third-order valence-electron chi connectivity index (χ3n) is 2.00. The minimum atomic E-state index is -0.402. The van der Waals surface area contributed by atoms with Crippen LogP contribution in [0.2, 0.25) is 0 Å². The fraction of sp³-hybridized carbons (Fsp3) is 0.385. The Bertz CT molecular complexity index is 305. The van der Waals surface area contributed by atoms with Crippen LogP contribution < -0.4 is 0 Å². The molecule has 15 heavy (non-hydrogen) atoms. The van der Waals surface area contributed by atoms with Crippen molar-refractivity contribution >= 4 is 0 Å². The van der Waals surface area contributed by atoms with Crippen LogP contribution in [-0.2, 0) is 17.8 Å². The van der Waals surface area contributed by atoms with Crippen molar-refractivity contribution in [2.24, 2.45) is 0 Å². The van der Waals surface area contributed by atoms with Crippen LogP contribution in [0.4, 0.5) is 0 Å². The normalized spacial score (nSPS) is 12.4. The van der Waals surface area contributed by atoms with E-state index in [1.807, 2.05) is 18.2 Å². The van der Waals surface area contributed by atoms with E-state index in [1.165, 1.54) is 5.56 Å². The maximum absolute atomic E-state index is 9.03. The Morgan fingerprint density at radius 1 is 1.47 bits per heavy atom. The van der Waals surface area contributed by atoms with E-state index in [9.17, 15) is 0 Å². The van der Waals surface area contributed by atoms with Gasteiger partial charge in [-0.15, -0.1) is 6.58 Å². The average molecular weight is 206 g/mol. The fourth-order valence-corrected chi connectivity index (χ4v) is 1.36. The molecule has 1 unspecified atom stereocenters. The number of hydrogen-bond donors (Lipinski definition) is 1. The third-order valence-corrected chi connectivity index (χ3v) is 2.00. The van der Waals surface area contributed by atoms with Gasteiger partial charge in [0, 0.05) is 0 Å². The van der Waals surface area contributed by atoms with Crippen molar-refractivity contribution in [1.82, 2.24) is 0 Å². The molecule has 1 rings (SSSR count). The van der Waals surface area contributed by atoms with E-state index in [0.717, 1.165) is 12.0 Å². The topological polar surface area (TPSA) is 29.5 Å². The Morgan fingerprint density at radius 3 is 2.87 bits per heavy atom. The number of rotatable bonds is 6. The monoisotopic (exact) mass is 206 g/mol. The fourth-order valence-electron chi connectivity index (χ4n) is 1.36. The van der Waals surface area contributed by atoms with E-state index in [4.69, 9.17) is 9.84 Å². The van der Waals surface area contributed by atoms with Crippen molar-refractivity contribution in [3.63, 3.8) is 0 Å². The van der Waals surface area contributed by atoms with E-state index < -0.39 is 6.10 Å². The second-order valence-corrected chi connectivity index (χ2v) is 3.68. The minimum absolute atomic E-state index is 0.381. The first-order chi connectivity index (χ1) is 7.22. The first-order valence-corrected chi connectivity index (χ1v) is 5.17. The van der Waals surface area contributed by atoms with Gasteiger partial charge in [-0.25, -0.2) is 0 Å². The number of hydrogen-bond acceptors (Lipinski definition) is 2. The molecule has 0 heterocycles. The first kappa shape index (κ1) is 12.0. The molecule has 2 heteroatoms. The molecule has 2 nitrogen and oxygen atoms in total. The SMILES string of the molecule is C=CCc1cccc(COCC(C)O)c1. The average Bonchev–Trinajstić information content (AvgIpc) is 2.18. The summed E-state index contributed by atoms with van der Waals surface area (Å²) in [6, 6.07) is 8.21. The van der Waals surface area contributed by atoms with E-state index in [-0.39, 0.29) is 0 Å². The van der Waals surface area contributed by atoms with Gasteiger partial charge in [0.25, 0.3) is 0 Å². The van der Waals surface area contributed by atoms with Gasteiger partial charge >= 0.3 is 0 Å². The Labute approximate surface area is 91.2 Å². The van der Waals surface area contributed by atoms with Crippen LogP contribution in [0.25, 0.3) is 0 Å².